The Kier molecular flexibility index (Phi) is 2.27. The van der Waals surface area contributed by atoms with Crippen LogP contribution in [0.4, 0.5) is 5.69 Å². The Labute approximate surface area is 110 Å². The molecular weight excluding hydrogens is 238 g/mol. The van der Waals surface area contributed by atoms with E-state index in [1.807, 2.05) is 18.2 Å². The first-order valence-corrected chi connectivity index (χ1v) is 6.46. The predicted molar refractivity (Wildman–Crippen MR) is 73.2 cm³/mol. The van der Waals surface area contributed by atoms with Gasteiger partial charge >= 0.3 is 0 Å². The molecule has 4 nitrogen and oxygen atoms in total. The summed E-state index contributed by atoms with van der Waals surface area (Å²) in [6.45, 7) is 0.938. The molecule has 0 saturated heterocycles. The highest BCUT2D eigenvalue weighted by atomic mass is 16.3. The topological polar surface area (TPSA) is 51.0 Å². The first-order chi connectivity index (χ1) is 9.42. The highest BCUT2D eigenvalue weighted by molar-refractivity contribution is 5.67. The van der Waals surface area contributed by atoms with E-state index in [0.29, 0.717) is 5.65 Å². The molecule has 0 radical (unpaired) electrons. The van der Waals surface area contributed by atoms with Crippen molar-refractivity contribution in [3.8, 4) is 0 Å². The number of pyridine rings is 1. The third-order valence-electron chi connectivity index (χ3n) is 3.56. The third-order valence-corrected chi connectivity index (χ3v) is 3.56. The third kappa shape index (κ3) is 1.68. The van der Waals surface area contributed by atoms with Crippen molar-refractivity contribution in [2.75, 3.05) is 11.9 Å². The zero-order chi connectivity index (χ0) is 12.7. The van der Waals surface area contributed by atoms with E-state index in [2.05, 4.69) is 33.5 Å². The van der Waals surface area contributed by atoms with Crippen molar-refractivity contribution < 1.29 is 4.42 Å². The van der Waals surface area contributed by atoms with Crippen LogP contribution in [0, 0.1) is 0 Å². The Hall–Kier alpha value is -2.36. The number of hydrogen-bond donors (Lipinski definition) is 1. The van der Waals surface area contributed by atoms with Gasteiger partial charge in [0.1, 0.15) is 0 Å². The highest BCUT2D eigenvalue weighted by Crippen LogP contribution is 2.36. The number of fused-ring (bicyclic) bond motifs is 2. The summed E-state index contributed by atoms with van der Waals surface area (Å²) in [5.74, 6) is 0.981. The number of rotatable bonds is 1. The molecule has 1 N–H and O–H groups in total. The van der Waals surface area contributed by atoms with Gasteiger partial charge in [-0.15, -0.1) is 0 Å². The zero-order valence-electron chi connectivity index (χ0n) is 10.3. The summed E-state index contributed by atoms with van der Waals surface area (Å²) in [6, 6.07) is 12.1. The first-order valence-electron chi connectivity index (χ1n) is 6.46. The van der Waals surface area contributed by atoms with Crippen LogP contribution in [-0.4, -0.2) is 16.5 Å². The molecule has 0 bridgehead atoms. The number of benzene rings is 1. The van der Waals surface area contributed by atoms with Crippen LogP contribution in [0.5, 0.6) is 0 Å². The van der Waals surface area contributed by atoms with Crippen LogP contribution in [0.25, 0.3) is 11.2 Å². The fraction of sp³-hybridized carbons (Fsp3) is 0.200. The molecule has 3 aromatic rings. The van der Waals surface area contributed by atoms with E-state index in [1.54, 1.807) is 6.20 Å². The molecule has 19 heavy (non-hydrogen) atoms. The van der Waals surface area contributed by atoms with Crippen molar-refractivity contribution in [2.24, 2.45) is 0 Å². The lowest BCUT2D eigenvalue weighted by atomic mass is 9.91. The van der Waals surface area contributed by atoms with Gasteiger partial charge in [0.05, 0.1) is 5.92 Å². The Morgan fingerprint density at radius 1 is 1.16 bits per heavy atom. The van der Waals surface area contributed by atoms with E-state index >= 15 is 0 Å². The van der Waals surface area contributed by atoms with E-state index in [9.17, 15) is 0 Å². The van der Waals surface area contributed by atoms with Crippen molar-refractivity contribution in [3.05, 3.63) is 54.0 Å². The summed E-state index contributed by atoms with van der Waals surface area (Å²) in [5, 5.41) is 3.41. The standard InChI is InChI=1S/C15H13N3O/c1-2-5-12-10(4-1)11(7-9-16-12)15-18-14-13(19-15)6-3-8-17-14/h1-6,8,11,16H,7,9H2. The van der Waals surface area contributed by atoms with Crippen LogP contribution in [0.3, 0.4) is 0 Å². The number of nitrogens with one attached hydrogen (secondary N) is 1. The second kappa shape index (κ2) is 4.09. The monoisotopic (exact) mass is 251 g/mol. The summed E-state index contributed by atoms with van der Waals surface area (Å²) >= 11 is 0. The lowest BCUT2D eigenvalue weighted by Gasteiger charge is -2.24. The van der Waals surface area contributed by atoms with E-state index in [1.165, 1.54) is 11.3 Å². The normalized spacial score (nSPS) is 18.0. The molecule has 1 aromatic carbocycles. The van der Waals surface area contributed by atoms with Gasteiger partial charge in [-0.05, 0) is 30.2 Å². The molecule has 0 amide bonds. The van der Waals surface area contributed by atoms with Gasteiger partial charge in [0.15, 0.2) is 11.2 Å². The van der Waals surface area contributed by atoms with Gasteiger partial charge in [-0.3, -0.25) is 0 Å². The molecule has 0 fully saturated rings. The number of aromatic nitrogens is 2. The van der Waals surface area contributed by atoms with Crippen LogP contribution < -0.4 is 5.32 Å². The molecule has 2 aromatic heterocycles. The van der Waals surface area contributed by atoms with E-state index in [-0.39, 0.29) is 5.92 Å². The molecule has 0 saturated carbocycles. The number of hydrogen-bond acceptors (Lipinski definition) is 4. The van der Waals surface area contributed by atoms with Crippen LogP contribution in [0.1, 0.15) is 23.8 Å². The van der Waals surface area contributed by atoms with Crippen LogP contribution >= 0.6 is 0 Å². The van der Waals surface area contributed by atoms with Crippen molar-refractivity contribution in [1.29, 1.82) is 0 Å². The van der Waals surface area contributed by atoms with Gasteiger partial charge in [-0.2, -0.15) is 4.98 Å². The average molecular weight is 251 g/mol. The molecule has 0 aliphatic carbocycles. The zero-order valence-corrected chi connectivity index (χ0v) is 10.3. The van der Waals surface area contributed by atoms with Crippen LogP contribution in [0.15, 0.2) is 47.0 Å². The van der Waals surface area contributed by atoms with E-state index in [0.717, 1.165) is 24.4 Å². The summed E-state index contributed by atoms with van der Waals surface area (Å²) < 4.78 is 5.86. The average Bonchev–Trinajstić information content (AvgIpc) is 2.90. The lowest BCUT2D eigenvalue weighted by Crippen LogP contribution is -2.17. The second-order valence-electron chi connectivity index (χ2n) is 4.73. The molecule has 3 heterocycles. The molecular formula is C15H13N3O. The Morgan fingerprint density at radius 3 is 3.05 bits per heavy atom. The van der Waals surface area contributed by atoms with E-state index in [4.69, 9.17) is 4.42 Å². The molecule has 1 aliphatic rings. The molecule has 1 unspecified atom stereocenters. The maximum Gasteiger partial charge on any atom is 0.204 e. The number of para-hydroxylation sites is 1. The van der Waals surface area contributed by atoms with Gasteiger partial charge in [0.25, 0.3) is 0 Å². The smallest absolute Gasteiger partial charge is 0.204 e. The van der Waals surface area contributed by atoms with Crippen molar-refractivity contribution >= 4 is 16.9 Å². The Bertz CT molecular complexity index is 702. The van der Waals surface area contributed by atoms with Gasteiger partial charge in [0, 0.05) is 18.4 Å². The number of oxazole rings is 1. The molecule has 1 atom stereocenters. The van der Waals surface area contributed by atoms with Crippen LogP contribution in [0.2, 0.25) is 0 Å². The molecule has 94 valence electrons. The molecule has 0 spiro atoms. The summed E-state index contributed by atoms with van der Waals surface area (Å²) in [7, 11) is 0. The van der Waals surface area contributed by atoms with Gasteiger partial charge in [0.2, 0.25) is 5.89 Å². The highest BCUT2D eigenvalue weighted by Gasteiger charge is 2.25. The molecule has 1 aliphatic heterocycles. The maximum atomic E-state index is 5.86. The summed E-state index contributed by atoms with van der Waals surface area (Å²) in [5.41, 5.74) is 3.87. The Morgan fingerprint density at radius 2 is 2.11 bits per heavy atom. The first kappa shape index (κ1) is 10.6. The fourth-order valence-electron chi connectivity index (χ4n) is 2.66. The molecule has 4 rings (SSSR count). The minimum absolute atomic E-state index is 0.214. The van der Waals surface area contributed by atoms with Gasteiger partial charge in [-0.1, -0.05) is 18.2 Å². The SMILES string of the molecule is c1ccc2c(c1)NCCC2c1nc2ncccc2o1. The van der Waals surface area contributed by atoms with Crippen molar-refractivity contribution in [1.82, 2.24) is 9.97 Å². The lowest BCUT2D eigenvalue weighted by molar-refractivity contribution is 0.485. The molecule has 4 heteroatoms. The maximum absolute atomic E-state index is 5.86. The quantitative estimate of drug-likeness (QED) is 0.721. The van der Waals surface area contributed by atoms with Crippen LogP contribution in [-0.2, 0) is 0 Å². The van der Waals surface area contributed by atoms with Gasteiger partial charge < -0.3 is 9.73 Å². The minimum Gasteiger partial charge on any atom is -0.438 e. The fourth-order valence-corrected chi connectivity index (χ4v) is 2.66. The Balaban J connectivity index is 1.85. The summed E-state index contributed by atoms with van der Waals surface area (Å²) in [4.78, 5) is 8.76. The minimum atomic E-state index is 0.214. The number of nitrogens with zero attached hydrogens (tertiary/aromatic N) is 2. The van der Waals surface area contributed by atoms with Gasteiger partial charge in [-0.25, -0.2) is 4.98 Å². The second-order valence-corrected chi connectivity index (χ2v) is 4.73. The van der Waals surface area contributed by atoms with Crippen molar-refractivity contribution in [3.63, 3.8) is 0 Å². The number of anilines is 1. The predicted octanol–water partition coefficient (Wildman–Crippen LogP) is 3.17. The van der Waals surface area contributed by atoms with Crippen molar-refractivity contribution in [2.45, 2.75) is 12.3 Å². The summed E-state index contributed by atoms with van der Waals surface area (Å²) in [6.07, 6.45) is 2.73. The largest absolute Gasteiger partial charge is 0.438 e. The van der Waals surface area contributed by atoms with E-state index < -0.39 is 0 Å².